The van der Waals surface area contributed by atoms with Crippen molar-refractivity contribution < 1.29 is 22.4 Å². The van der Waals surface area contributed by atoms with E-state index < -0.39 is 27.8 Å². The number of benzene rings is 3. The standard InChI is InChI=1S/C31H36Cl2FN3O4S/c1-22(2)20-35-31(39)29(19-23-11-5-4-6-12-23)36(21-24-25(32)13-9-14-26(24)33)30(38)17-10-18-37(42(3,40)41)28-16-8-7-15-27(28)34/h4-9,11-16,22,29H,10,17-21H2,1-3H3,(H,35,39)/t29-/m1/s1. The highest BCUT2D eigenvalue weighted by molar-refractivity contribution is 7.92. The monoisotopic (exact) mass is 635 g/mol. The highest BCUT2D eigenvalue weighted by Gasteiger charge is 2.31. The maximum atomic E-state index is 14.5. The zero-order valence-electron chi connectivity index (χ0n) is 23.9. The number of halogens is 3. The van der Waals surface area contributed by atoms with Gasteiger partial charge in [0.1, 0.15) is 11.9 Å². The molecule has 3 aromatic rings. The van der Waals surface area contributed by atoms with Gasteiger partial charge in [0.05, 0.1) is 11.9 Å². The SMILES string of the molecule is CC(C)CNC(=O)[C@@H](Cc1ccccc1)N(Cc1c(Cl)cccc1Cl)C(=O)CCCN(c1ccccc1F)S(C)(=O)=O. The van der Waals surface area contributed by atoms with Gasteiger partial charge in [0.2, 0.25) is 21.8 Å². The van der Waals surface area contributed by atoms with Gasteiger partial charge in [-0.2, -0.15) is 0 Å². The highest BCUT2D eigenvalue weighted by Crippen LogP contribution is 2.28. The van der Waals surface area contributed by atoms with Crippen LogP contribution >= 0.6 is 23.2 Å². The third kappa shape index (κ3) is 9.44. The summed E-state index contributed by atoms with van der Waals surface area (Å²) in [5.74, 6) is -1.22. The number of nitrogens with zero attached hydrogens (tertiary/aromatic N) is 2. The summed E-state index contributed by atoms with van der Waals surface area (Å²) in [6.45, 7) is 4.21. The summed E-state index contributed by atoms with van der Waals surface area (Å²) >= 11 is 12.9. The van der Waals surface area contributed by atoms with Crippen molar-refractivity contribution in [2.75, 3.05) is 23.7 Å². The van der Waals surface area contributed by atoms with Crippen molar-refractivity contribution in [3.8, 4) is 0 Å². The van der Waals surface area contributed by atoms with Gasteiger partial charge in [-0.05, 0) is 42.2 Å². The van der Waals surface area contributed by atoms with Crippen LogP contribution < -0.4 is 9.62 Å². The highest BCUT2D eigenvalue weighted by atomic mass is 35.5. The first-order valence-corrected chi connectivity index (χ1v) is 16.2. The summed E-state index contributed by atoms with van der Waals surface area (Å²) in [5.41, 5.74) is 1.25. The zero-order valence-corrected chi connectivity index (χ0v) is 26.2. The fourth-order valence-corrected chi connectivity index (χ4v) is 5.95. The number of hydrogen-bond donors (Lipinski definition) is 1. The molecule has 0 aromatic heterocycles. The molecule has 1 N–H and O–H groups in total. The van der Waals surface area contributed by atoms with Gasteiger partial charge in [-0.15, -0.1) is 0 Å². The van der Waals surface area contributed by atoms with E-state index in [0.717, 1.165) is 16.1 Å². The first-order valence-electron chi connectivity index (χ1n) is 13.6. The van der Waals surface area contributed by atoms with E-state index in [9.17, 15) is 22.4 Å². The molecule has 3 aromatic carbocycles. The molecule has 0 spiro atoms. The number of carbonyl (C=O) groups is 2. The minimum atomic E-state index is -3.84. The Morgan fingerprint density at radius 2 is 1.55 bits per heavy atom. The topological polar surface area (TPSA) is 86.8 Å². The number of hydrogen-bond acceptors (Lipinski definition) is 4. The predicted octanol–water partition coefficient (Wildman–Crippen LogP) is 6.09. The summed E-state index contributed by atoms with van der Waals surface area (Å²) in [7, 11) is -3.84. The van der Waals surface area contributed by atoms with Crippen LogP contribution in [0, 0.1) is 11.7 Å². The lowest BCUT2D eigenvalue weighted by Crippen LogP contribution is -2.51. The van der Waals surface area contributed by atoms with E-state index in [4.69, 9.17) is 23.2 Å². The van der Waals surface area contributed by atoms with Crippen LogP contribution in [-0.4, -0.2) is 50.5 Å². The van der Waals surface area contributed by atoms with Gasteiger partial charge in [0.25, 0.3) is 0 Å². The smallest absolute Gasteiger partial charge is 0.243 e. The molecular formula is C31H36Cl2FN3O4S. The molecule has 0 heterocycles. The number of nitrogens with one attached hydrogen (secondary N) is 1. The van der Waals surface area contributed by atoms with Crippen molar-refractivity contribution >= 4 is 50.7 Å². The van der Waals surface area contributed by atoms with Crippen molar-refractivity contribution in [1.29, 1.82) is 0 Å². The van der Waals surface area contributed by atoms with Crippen LogP contribution in [0.4, 0.5) is 10.1 Å². The van der Waals surface area contributed by atoms with Crippen LogP contribution in [0.15, 0.2) is 72.8 Å². The quantitative estimate of drug-likeness (QED) is 0.232. The maximum absolute atomic E-state index is 14.5. The minimum absolute atomic E-state index is 0.0347. The molecule has 42 heavy (non-hydrogen) atoms. The Kier molecular flexibility index (Phi) is 12.2. The molecule has 11 heteroatoms. The first kappa shape index (κ1) is 33.4. The molecular weight excluding hydrogens is 600 g/mol. The molecule has 2 amide bonds. The molecule has 0 aliphatic carbocycles. The molecule has 0 bridgehead atoms. The van der Waals surface area contributed by atoms with Gasteiger partial charge in [-0.25, -0.2) is 12.8 Å². The fraction of sp³-hybridized carbons (Fsp3) is 0.355. The Hall–Kier alpha value is -3.14. The van der Waals surface area contributed by atoms with E-state index in [-0.39, 0.29) is 49.9 Å². The summed E-state index contributed by atoms with van der Waals surface area (Å²) < 4.78 is 40.5. The lowest BCUT2D eigenvalue weighted by atomic mass is 10.0. The molecule has 1 atom stereocenters. The Labute approximate surface area is 257 Å². The van der Waals surface area contributed by atoms with E-state index in [1.807, 2.05) is 44.2 Å². The van der Waals surface area contributed by atoms with Crippen LogP contribution in [0.25, 0.3) is 0 Å². The largest absolute Gasteiger partial charge is 0.354 e. The van der Waals surface area contributed by atoms with E-state index in [0.29, 0.717) is 22.2 Å². The van der Waals surface area contributed by atoms with Gasteiger partial charge in [0, 0.05) is 48.1 Å². The summed E-state index contributed by atoms with van der Waals surface area (Å²) in [6, 6.07) is 19.0. The van der Waals surface area contributed by atoms with Crippen LogP contribution in [0.2, 0.25) is 10.0 Å². The van der Waals surface area contributed by atoms with Crippen molar-refractivity contribution in [2.45, 2.75) is 45.7 Å². The lowest BCUT2D eigenvalue weighted by molar-refractivity contribution is -0.141. The molecule has 0 saturated carbocycles. The average molecular weight is 637 g/mol. The molecule has 0 saturated heterocycles. The van der Waals surface area contributed by atoms with Crippen LogP contribution in [0.3, 0.4) is 0 Å². The molecule has 0 aliphatic rings. The van der Waals surface area contributed by atoms with Crippen LogP contribution in [-0.2, 0) is 32.6 Å². The number of amides is 2. The van der Waals surface area contributed by atoms with Crippen molar-refractivity contribution in [3.63, 3.8) is 0 Å². The van der Waals surface area contributed by atoms with E-state index in [1.165, 1.54) is 23.1 Å². The molecule has 226 valence electrons. The second-order valence-corrected chi connectivity index (χ2v) is 13.2. The summed E-state index contributed by atoms with van der Waals surface area (Å²) in [6.07, 6.45) is 1.20. The summed E-state index contributed by atoms with van der Waals surface area (Å²) in [4.78, 5) is 28.9. The zero-order chi connectivity index (χ0) is 30.9. The van der Waals surface area contributed by atoms with Gasteiger partial charge in [-0.3, -0.25) is 13.9 Å². The first-order chi connectivity index (χ1) is 19.9. The Morgan fingerprint density at radius 3 is 2.14 bits per heavy atom. The molecule has 3 rings (SSSR count). The van der Waals surface area contributed by atoms with Crippen molar-refractivity contribution in [3.05, 3.63) is 99.8 Å². The number of anilines is 1. The minimum Gasteiger partial charge on any atom is -0.354 e. The number of sulfonamides is 1. The van der Waals surface area contributed by atoms with E-state index in [2.05, 4.69) is 5.32 Å². The number of para-hydroxylation sites is 1. The third-order valence-corrected chi connectivity index (χ3v) is 8.51. The van der Waals surface area contributed by atoms with Crippen molar-refractivity contribution in [1.82, 2.24) is 10.2 Å². The van der Waals surface area contributed by atoms with Crippen LogP contribution in [0.1, 0.15) is 37.8 Å². The van der Waals surface area contributed by atoms with E-state index in [1.54, 1.807) is 24.3 Å². The lowest BCUT2D eigenvalue weighted by Gasteiger charge is -2.32. The van der Waals surface area contributed by atoms with Crippen LogP contribution in [0.5, 0.6) is 0 Å². The molecule has 0 unspecified atom stereocenters. The molecule has 0 radical (unpaired) electrons. The van der Waals surface area contributed by atoms with Gasteiger partial charge >= 0.3 is 0 Å². The van der Waals surface area contributed by atoms with Gasteiger partial charge in [0.15, 0.2) is 0 Å². The third-order valence-electron chi connectivity index (χ3n) is 6.62. The average Bonchev–Trinajstić information content (AvgIpc) is 2.93. The summed E-state index contributed by atoms with van der Waals surface area (Å²) in [5, 5.41) is 3.65. The Bertz CT molecular complexity index is 1450. The Morgan fingerprint density at radius 1 is 0.929 bits per heavy atom. The Balaban J connectivity index is 1.93. The normalized spacial score (nSPS) is 12.2. The molecule has 7 nitrogen and oxygen atoms in total. The molecule has 0 aliphatic heterocycles. The maximum Gasteiger partial charge on any atom is 0.243 e. The molecule has 0 fully saturated rings. The van der Waals surface area contributed by atoms with Gasteiger partial charge < -0.3 is 10.2 Å². The number of rotatable bonds is 14. The second-order valence-electron chi connectivity index (χ2n) is 10.5. The predicted molar refractivity (Wildman–Crippen MR) is 167 cm³/mol. The van der Waals surface area contributed by atoms with E-state index >= 15 is 0 Å². The van der Waals surface area contributed by atoms with Gasteiger partial charge in [-0.1, -0.05) is 85.6 Å². The second kappa shape index (κ2) is 15.4. The number of carbonyl (C=O) groups excluding carboxylic acids is 2. The fourth-order valence-electron chi connectivity index (χ4n) is 4.47. The van der Waals surface area contributed by atoms with Crippen molar-refractivity contribution in [2.24, 2.45) is 5.92 Å².